The van der Waals surface area contributed by atoms with Crippen molar-refractivity contribution in [1.29, 1.82) is 0 Å². The van der Waals surface area contributed by atoms with Crippen molar-refractivity contribution in [2.75, 3.05) is 6.61 Å². The number of fused-ring (bicyclic) bond motifs is 1. The van der Waals surface area contributed by atoms with E-state index in [0.29, 0.717) is 18.7 Å². The van der Waals surface area contributed by atoms with E-state index >= 15 is 0 Å². The molecule has 110 valence electrons. The number of benzene rings is 2. The molecular formula is C19H23NO. The normalized spacial score (nSPS) is 15.7. The molecule has 1 unspecified atom stereocenters. The highest BCUT2D eigenvalue weighted by molar-refractivity contribution is 5.37. The molecule has 2 heteroatoms. The van der Waals surface area contributed by atoms with Crippen LogP contribution in [0.15, 0.2) is 48.5 Å². The summed E-state index contributed by atoms with van der Waals surface area (Å²) in [6, 6.07) is 17.9. The van der Waals surface area contributed by atoms with Crippen LogP contribution < -0.4 is 10.1 Å². The Hall–Kier alpha value is -1.80. The van der Waals surface area contributed by atoms with Gasteiger partial charge in [0.1, 0.15) is 5.75 Å². The average Bonchev–Trinajstić information content (AvgIpc) is 2.90. The molecule has 2 nitrogen and oxygen atoms in total. The highest BCUT2D eigenvalue weighted by Crippen LogP contribution is 2.28. The Morgan fingerprint density at radius 3 is 2.33 bits per heavy atom. The highest BCUT2D eigenvalue weighted by atomic mass is 16.5. The van der Waals surface area contributed by atoms with E-state index in [4.69, 9.17) is 4.74 Å². The minimum Gasteiger partial charge on any atom is -0.494 e. The fourth-order valence-electron chi connectivity index (χ4n) is 3.25. The van der Waals surface area contributed by atoms with Crippen LogP contribution in [0.5, 0.6) is 5.75 Å². The van der Waals surface area contributed by atoms with Gasteiger partial charge in [-0.15, -0.1) is 0 Å². The van der Waals surface area contributed by atoms with Crippen LogP contribution in [-0.4, -0.2) is 12.6 Å². The van der Waals surface area contributed by atoms with Crippen LogP contribution in [0.1, 0.15) is 36.6 Å². The number of hydrogen-bond acceptors (Lipinski definition) is 2. The van der Waals surface area contributed by atoms with Crippen LogP contribution >= 0.6 is 0 Å². The lowest BCUT2D eigenvalue weighted by atomic mass is 10.1. The first-order chi connectivity index (χ1) is 10.3. The lowest BCUT2D eigenvalue weighted by Crippen LogP contribution is -2.32. The summed E-state index contributed by atoms with van der Waals surface area (Å²) in [6.07, 6.45) is 2.24. The van der Waals surface area contributed by atoms with Gasteiger partial charge in [0.05, 0.1) is 6.61 Å². The lowest BCUT2D eigenvalue weighted by Gasteiger charge is -2.21. The van der Waals surface area contributed by atoms with Crippen molar-refractivity contribution < 1.29 is 4.74 Å². The largest absolute Gasteiger partial charge is 0.494 e. The fraction of sp³-hybridized carbons (Fsp3) is 0.368. The fourth-order valence-corrected chi connectivity index (χ4v) is 3.25. The Morgan fingerprint density at radius 1 is 1.05 bits per heavy atom. The van der Waals surface area contributed by atoms with E-state index in [2.05, 4.69) is 54.7 Å². The third-order valence-electron chi connectivity index (χ3n) is 4.22. The van der Waals surface area contributed by atoms with Crippen molar-refractivity contribution in [2.45, 2.75) is 38.8 Å². The van der Waals surface area contributed by atoms with Crippen molar-refractivity contribution in [2.24, 2.45) is 0 Å². The van der Waals surface area contributed by atoms with Gasteiger partial charge in [-0.1, -0.05) is 42.5 Å². The van der Waals surface area contributed by atoms with E-state index in [1.165, 1.54) is 16.7 Å². The quantitative estimate of drug-likeness (QED) is 0.897. The standard InChI is InChI=1S/C19H23NO/c1-3-21-19-11-7-6-10-18(19)14(2)20-17-12-15-8-4-5-9-16(15)13-17/h4-11,14,17,20H,3,12-13H2,1-2H3. The van der Waals surface area contributed by atoms with E-state index < -0.39 is 0 Å². The van der Waals surface area contributed by atoms with Crippen LogP contribution in [0.4, 0.5) is 0 Å². The molecular weight excluding hydrogens is 258 g/mol. The van der Waals surface area contributed by atoms with E-state index in [9.17, 15) is 0 Å². The molecule has 2 aromatic carbocycles. The first kappa shape index (κ1) is 14.2. The van der Waals surface area contributed by atoms with Gasteiger partial charge in [-0.2, -0.15) is 0 Å². The summed E-state index contributed by atoms with van der Waals surface area (Å²) >= 11 is 0. The van der Waals surface area contributed by atoms with E-state index in [1.807, 2.05) is 13.0 Å². The molecule has 0 radical (unpaired) electrons. The Balaban J connectivity index is 1.69. The molecule has 21 heavy (non-hydrogen) atoms. The van der Waals surface area contributed by atoms with Crippen molar-refractivity contribution in [3.63, 3.8) is 0 Å². The van der Waals surface area contributed by atoms with E-state index in [-0.39, 0.29) is 0 Å². The second-order valence-corrected chi connectivity index (χ2v) is 5.73. The molecule has 0 saturated carbocycles. The molecule has 0 heterocycles. The van der Waals surface area contributed by atoms with Crippen LogP contribution in [0, 0.1) is 0 Å². The molecule has 1 N–H and O–H groups in total. The highest BCUT2D eigenvalue weighted by Gasteiger charge is 2.23. The second-order valence-electron chi connectivity index (χ2n) is 5.73. The molecule has 1 atom stereocenters. The maximum atomic E-state index is 5.74. The Bertz CT molecular complexity index is 583. The van der Waals surface area contributed by atoms with E-state index in [1.54, 1.807) is 0 Å². The zero-order valence-electron chi connectivity index (χ0n) is 12.8. The molecule has 0 fully saturated rings. The van der Waals surface area contributed by atoms with Gasteiger partial charge < -0.3 is 10.1 Å². The Kier molecular flexibility index (Phi) is 4.26. The number of hydrogen-bond donors (Lipinski definition) is 1. The monoisotopic (exact) mass is 281 g/mol. The third-order valence-corrected chi connectivity index (χ3v) is 4.22. The SMILES string of the molecule is CCOc1ccccc1C(C)NC1Cc2ccccc2C1. The van der Waals surface area contributed by atoms with Gasteiger partial charge >= 0.3 is 0 Å². The van der Waals surface area contributed by atoms with Crippen molar-refractivity contribution in [3.05, 3.63) is 65.2 Å². The zero-order valence-corrected chi connectivity index (χ0v) is 12.8. The maximum absolute atomic E-state index is 5.74. The van der Waals surface area contributed by atoms with Crippen LogP contribution in [0.2, 0.25) is 0 Å². The molecule has 0 spiro atoms. The summed E-state index contributed by atoms with van der Waals surface area (Å²) in [5.41, 5.74) is 4.22. The average molecular weight is 281 g/mol. The van der Waals surface area contributed by atoms with Crippen molar-refractivity contribution >= 4 is 0 Å². The molecule has 0 saturated heterocycles. The van der Waals surface area contributed by atoms with Gasteiger partial charge in [-0.3, -0.25) is 0 Å². The molecule has 0 aliphatic heterocycles. The smallest absolute Gasteiger partial charge is 0.124 e. The first-order valence-electron chi connectivity index (χ1n) is 7.82. The predicted molar refractivity (Wildman–Crippen MR) is 86.8 cm³/mol. The predicted octanol–water partition coefficient (Wildman–Crippen LogP) is 3.90. The topological polar surface area (TPSA) is 21.3 Å². The van der Waals surface area contributed by atoms with Crippen LogP contribution in [0.3, 0.4) is 0 Å². The molecule has 2 aromatic rings. The van der Waals surface area contributed by atoms with Gasteiger partial charge in [0.2, 0.25) is 0 Å². The molecule has 0 bridgehead atoms. The summed E-state index contributed by atoms with van der Waals surface area (Å²) in [6.45, 7) is 4.96. The minimum atomic E-state index is 0.298. The number of nitrogens with one attached hydrogen (secondary N) is 1. The van der Waals surface area contributed by atoms with E-state index in [0.717, 1.165) is 18.6 Å². The molecule has 1 aliphatic rings. The Labute approximate surface area is 127 Å². The summed E-state index contributed by atoms with van der Waals surface area (Å²) in [4.78, 5) is 0. The van der Waals surface area contributed by atoms with Gasteiger partial charge in [0.15, 0.2) is 0 Å². The number of rotatable bonds is 5. The maximum Gasteiger partial charge on any atom is 0.124 e. The summed E-state index contributed by atoms with van der Waals surface area (Å²) < 4.78 is 5.74. The van der Waals surface area contributed by atoms with Gasteiger partial charge in [0.25, 0.3) is 0 Å². The first-order valence-corrected chi connectivity index (χ1v) is 7.82. The Morgan fingerprint density at radius 2 is 1.67 bits per heavy atom. The molecule has 0 aromatic heterocycles. The lowest BCUT2D eigenvalue weighted by molar-refractivity contribution is 0.330. The van der Waals surface area contributed by atoms with Gasteiger partial charge in [0, 0.05) is 17.6 Å². The van der Waals surface area contributed by atoms with Crippen molar-refractivity contribution in [3.8, 4) is 5.75 Å². The number of ether oxygens (including phenoxy) is 1. The molecule has 1 aliphatic carbocycles. The van der Waals surface area contributed by atoms with Gasteiger partial charge in [-0.05, 0) is 43.9 Å². The zero-order chi connectivity index (χ0) is 14.7. The van der Waals surface area contributed by atoms with Crippen LogP contribution in [0.25, 0.3) is 0 Å². The second kappa shape index (κ2) is 6.31. The summed E-state index contributed by atoms with van der Waals surface area (Å²) in [7, 11) is 0. The van der Waals surface area contributed by atoms with Crippen molar-refractivity contribution in [1.82, 2.24) is 5.32 Å². The van der Waals surface area contributed by atoms with Crippen LogP contribution in [-0.2, 0) is 12.8 Å². The third kappa shape index (κ3) is 3.11. The van der Waals surface area contributed by atoms with Gasteiger partial charge in [-0.25, -0.2) is 0 Å². The molecule has 3 rings (SSSR count). The summed E-state index contributed by atoms with van der Waals surface area (Å²) in [5.74, 6) is 0.996. The minimum absolute atomic E-state index is 0.298. The summed E-state index contributed by atoms with van der Waals surface area (Å²) in [5, 5.41) is 3.76. The number of para-hydroxylation sites is 1. The molecule has 0 amide bonds.